The van der Waals surface area contributed by atoms with Crippen molar-refractivity contribution >= 4 is 27.4 Å². The van der Waals surface area contributed by atoms with Gasteiger partial charge in [-0.1, -0.05) is 6.92 Å². The summed E-state index contributed by atoms with van der Waals surface area (Å²) in [6.07, 6.45) is 4.92. The maximum Gasteiger partial charge on any atom is 0.271 e. The standard InChI is InChI=1S/C11H22N2O2S2/c1-4-16-9-8-13-7-5-6-10(13)11(14)12-17(2,3)15/h10H,4-9H2,1-3H3/t10-/m0/s1. The molecule has 0 aliphatic carbocycles. The second-order valence-corrected chi connectivity index (χ2v) is 8.44. The summed E-state index contributed by atoms with van der Waals surface area (Å²) in [4.78, 5) is 14.1. The molecule has 4 nitrogen and oxygen atoms in total. The molecule has 1 amide bonds. The number of amides is 1. The fourth-order valence-electron chi connectivity index (χ4n) is 1.98. The Morgan fingerprint density at radius 1 is 1.53 bits per heavy atom. The van der Waals surface area contributed by atoms with E-state index in [0.29, 0.717) is 0 Å². The molecule has 0 unspecified atom stereocenters. The van der Waals surface area contributed by atoms with Gasteiger partial charge in [0.05, 0.1) is 6.04 Å². The first kappa shape index (κ1) is 15.0. The highest BCUT2D eigenvalue weighted by Crippen LogP contribution is 2.19. The van der Waals surface area contributed by atoms with Gasteiger partial charge in [-0.25, -0.2) is 4.21 Å². The number of likely N-dealkylation sites (tertiary alicyclic amines) is 1. The molecular formula is C11H22N2O2S2. The normalized spacial score (nSPS) is 21.7. The van der Waals surface area contributed by atoms with Gasteiger partial charge in [-0.3, -0.25) is 9.69 Å². The molecule has 1 atom stereocenters. The highest BCUT2D eigenvalue weighted by Gasteiger charge is 2.30. The average molecular weight is 278 g/mol. The van der Waals surface area contributed by atoms with Gasteiger partial charge in [0.2, 0.25) is 0 Å². The molecule has 1 rings (SSSR count). The molecule has 0 bridgehead atoms. The molecule has 0 aromatic carbocycles. The van der Waals surface area contributed by atoms with Crippen molar-refractivity contribution in [1.82, 2.24) is 4.90 Å². The van der Waals surface area contributed by atoms with Crippen molar-refractivity contribution in [3.8, 4) is 0 Å². The topological polar surface area (TPSA) is 49.7 Å². The summed E-state index contributed by atoms with van der Waals surface area (Å²) in [5, 5.41) is 0. The zero-order valence-corrected chi connectivity index (χ0v) is 12.5. The molecule has 0 spiro atoms. The summed E-state index contributed by atoms with van der Waals surface area (Å²) in [6.45, 7) is 4.03. The van der Waals surface area contributed by atoms with E-state index in [-0.39, 0.29) is 11.9 Å². The van der Waals surface area contributed by atoms with Crippen LogP contribution in [0.15, 0.2) is 4.36 Å². The van der Waals surface area contributed by atoms with Gasteiger partial charge in [0.15, 0.2) is 0 Å². The second-order valence-electron chi connectivity index (χ2n) is 4.50. The molecular weight excluding hydrogens is 256 g/mol. The Balaban J connectivity index is 2.57. The van der Waals surface area contributed by atoms with E-state index in [9.17, 15) is 9.00 Å². The van der Waals surface area contributed by atoms with Gasteiger partial charge in [0.1, 0.15) is 0 Å². The number of rotatable bonds is 5. The Kier molecular flexibility index (Phi) is 5.95. The van der Waals surface area contributed by atoms with Crippen LogP contribution in [0.3, 0.4) is 0 Å². The van der Waals surface area contributed by atoms with Crippen LogP contribution in [0.5, 0.6) is 0 Å². The number of carbonyl (C=O) groups excluding carboxylic acids is 1. The van der Waals surface area contributed by atoms with E-state index < -0.39 is 9.73 Å². The van der Waals surface area contributed by atoms with Gasteiger partial charge < -0.3 is 0 Å². The van der Waals surface area contributed by atoms with Crippen LogP contribution in [-0.4, -0.2) is 58.2 Å². The van der Waals surface area contributed by atoms with E-state index in [1.54, 1.807) is 0 Å². The quantitative estimate of drug-likeness (QED) is 0.714. The van der Waals surface area contributed by atoms with Crippen molar-refractivity contribution in [3.05, 3.63) is 0 Å². The van der Waals surface area contributed by atoms with Gasteiger partial charge in [0, 0.05) is 34.5 Å². The van der Waals surface area contributed by atoms with Gasteiger partial charge >= 0.3 is 0 Å². The molecule has 1 aliphatic rings. The van der Waals surface area contributed by atoms with Crippen molar-refractivity contribution in [2.75, 3.05) is 37.1 Å². The van der Waals surface area contributed by atoms with Crippen LogP contribution in [0.2, 0.25) is 0 Å². The zero-order valence-electron chi connectivity index (χ0n) is 10.8. The van der Waals surface area contributed by atoms with E-state index in [0.717, 1.165) is 37.4 Å². The molecule has 100 valence electrons. The van der Waals surface area contributed by atoms with Gasteiger partial charge in [-0.15, -0.1) is 0 Å². The number of hydrogen-bond donors (Lipinski definition) is 0. The summed E-state index contributed by atoms with van der Waals surface area (Å²) >= 11 is 1.88. The van der Waals surface area contributed by atoms with E-state index in [1.807, 2.05) is 11.8 Å². The lowest BCUT2D eigenvalue weighted by Gasteiger charge is -2.21. The molecule has 1 saturated heterocycles. The van der Waals surface area contributed by atoms with Gasteiger partial charge in [-0.05, 0) is 25.1 Å². The third kappa shape index (κ3) is 5.40. The largest absolute Gasteiger partial charge is 0.291 e. The molecule has 1 heterocycles. The number of thioether (sulfide) groups is 1. The van der Waals surface area contributed by atoms with Crippen LogP contribution in [0.1, 0.15) is 19.8 Å². The minimum absolute atomic E-state index is 0.131. The van der Waals surface area contributed by atoms with E-state index >= 15 is 0 Å². The molecule has 0 saturated carbocycles. The van der Waals surface area contributed by atoms with Crippen molar-refractivity contribution in [2.24, 2.45) is 4.36 Å². The van der Waals surface area contributed by atoms with E-state index in [4.69, 9.17) is 0 Å². The molecule has 0 radical (unpaired) electrons. The Labute approximate surface area is 109 Å². The van der Waals surface area contributed by atoms with E-state index in [1.165, 1.54) is 12.5 Å². The summed E-state index contributed by atoms with van der Waals surface area (Å²) in [6, 6.07) is -0.131. The first-order chi connectivity index (χ1) is 7.94. The molecule has 17 heavy (non-hydrogen) atoms. The van der Waals surface area contributed by atoms with Gasteiger partial charge in [0.25, 0.3) is 5.91 Å². The van der Waals surface area contributed by atoms with Gasteiger partial charge in [-0.2, -0.15) is 16.1 Å². The third-order valence-electron chi connectivity index (χ3n) is 2.69. The SMILES string of the molecule is CCSCCN1CCC[C@H]1C(=O)N=S(C)(C)=O. The minimum Gasteiger partial charge on any atom is -0.291 e. The third-order valence-corrected chi connectivity index (χ3v) is 4.18. The summed E-state index contributed by atoms with van der Waals surface area (Å²) in [5.41, 5.74) is 0. The van der Waals surface area contributed by atoms with Crippen LogP contribution < -0.4 is 0 Å². The fourth-order valence-corrected chi connectivity index (χ4v) is 3.18. The smallest absolute Gasteiger partial charge is 0.271 e. The van der Waals surface area contributed by atoms with Crippen LogP contribution in [-0.2, 0) is 14.5 Å². The monoisotopic (exact) mass is 278 g/mol. The lowest BCUT2D eigenvalue weighted by atomic mass is 10.2. The maximum atomic E-state index is 11.9. The highest BCUT2D eigenvalue weighted by atomic mass is 32.2. The zero-order chi connectivity index (χ0) is 12.9. The first-order valence-corrected chi connectivity index (χ1v) is 9.45. The number of carbonyl (C=O) groups is 1. The molecule has 1 fully saturated rings. The summed E-state index contributed by atoms with van der Waals surface area (Å²) < 4.78 is 15.3. The molecule has 1 aliphatic heterocycles. The molecule has 0 aromatic rings. The first-order valence-electron chi connectivity index (χ1n) is 5.97. The molecule has 0 aromatic heterocycles. The lowest BCUT2D eigenvalue weighted by molar-refractivity contribution is -0.121. The Morgan fingerprint density at radius 2 is 2.24 bits per heavy atom. The van der Waals surface area contributed by atoms with Crippen LogP contribution >= 0.6 is 11.8 Å². The summed E-state index contributed by atoms with van der Waals surface area (Å²) in [7, 11) is -2.32. The number of nitrogens with zero attached hydrogens (tertiary/aromatic N) is 2. The summed E-state index contributed by atoms with van der Waals surface area (Å²) in [5.74, 6) is 1.96. The predicted molar refractivity (Wildman–Crippen MR) is 75.0 cm³/mol. The van der Waals surface area contributed by atoms with Crippen LogP contribution in [0.25, 0.3) is 0 Å². The number of hydrogen-bond acceptors (Lipinski definition) is 4. The lowest BCUT2D eigenvalue weighted by Crippen LogP contribution is -2.37. The minimum atomic E-state index is -2.32. The molecule has 6 heteroatoms. The van der Waals surface area contributed by atoms with Crippen molar-refractivity contribution < 1.29 is 9.00 Å². The van der Waals surface area contributed by atoms with Crippen LogP contribution in [0, 0.1) is 0 Å². The maximum absolute atomic E-state index is 11.9. The Hall–Kier alpha value is -0.0700. The van der Waals surface area contributed by atoms with Crippen molar-refractivity contribution in [3.63, 3.8) is 0 Å². The van der Waals surface area contributed by atoms with Crippen molar-refractivity contribution in [1.29, 1.82) is 0 Å². The molecule has 0 N–H and O–H groups in total. The predicted octanol–water partition coefficient (Wildman–Crippen LogP) is 1.46. The van der Waals surface area contributed by atoms with Crippen LogP contribution in [0.4, 0.5) is 0 Å². The second kappa shape index (κ2) is 6.75. The average Bonchev–Trinajstić information content (AvgIpc) is 2.64. The Bertz CT molecular complexity index is 368. The highest BCUT2D eigenvalue weighted by molar-refractivity contribution is 7.99. The van der Waals surface area contributed by atoms with E-state index in [2.05, 4.69) is 16.2 Å². The van der Waals surface area contributed by atoms with Crippen molar-refractivity contribution in [2.45, 2.75) is 25.8 Å². The Morgan fingerprint density at radius 3 is 2.82 bits per heavy atom. The fraction of sp³-hybridized carbons (Fsp3) is 0.909.